The molecule has 0 radical (unpaired) electrons. The van der Waals surface area contributed by atoms with Gasteiger partial charge in [0, 0.05) is 56.8 Å². The first kappa shape index (κ1) is 28.7. The Morgan fingerprint density at radius 3 is 2.40 bits per heavy atom. The number of likely N-dealkylation sites (tertiary alicyclic amines) is 2. The van der Waals surface area contributed by atoms with Gasteiger partial charge in [-0.05, 0) is 55.2 Å². The average molecular weight is 584 g/mol. The maximum Gasteiger partial charge on any atom is 0.262 e. The van der Waals surface area contributed by atoms with E-state index in [1.54, 1.807) is 20.1 Å². The minimum Gasteiger partial charge on any atom is -0.497 e. The zero-order valence-electron chi connectivity index (χ0n) is 24.6. The number of nitrogens with zero attached hydrogens (tertiary/aromatic N) is 5. The van der Waals surface area contributed by atoms with E-state index in [1.807, 2.05) is 75.2 Å². The molecule has 0 bridgehead atoms. The molecular weight excluding hydrogens is 546 g/mol. The predicted molar refractivity (Wildman–Crippen MR) is 162 cm³/mol. The van der Waals surface area contributed by atoms with Gasteiger partial charge in [-0.25, -0.2) is 4.98 Å². The van der Waals surface area contributed by atoms with Crippen LogP contribution in [0.5, 0.6) is 5.75 Å². The molecule has 2 fully saturated rings. The van der Waals surface area contributed by atoms with E-state index in [-0.39, 0.29) is 35.8 Å². The lowest BCUT2D eigenvalue weighted by Crippen LogP contribution is -2.53. The van der Waals surface area contributed by atoms with E-state index in [0.717, 1.165) is 17.0 Å². The Morgan fingerprint density at radius 2 is 1.72 bits per heavy atom. The first-order valence-corrected chi connectivity index (χ1v) is 14.8. The van der Waals surface area contributed by atoms with E-state index in [2.05, 4.69) is 4.98 Å². The summed E-state index contributed by atoms with van der Waals surface area (Å²) in [6.07, 6.45) is 4.63. The summed E-state index contributed by atoms with van der Waals surface area (Å²) in [6.45, 7) is 3.57. The van der Waals surface area contributed by atoms with Crippen LogP contribution in [0.15, 0.2) is 78.0 Å². The third-order valence-electron chi connectivity index (χ3n) is 9.09. The van der Waals surface area contributed by atoms with E-state index in [0.29, 0.717) is 56.5 Å². The lowest BCUT2D eigenvalue weighted by atomic mass is 9.79. The Hall–Kier alpha value is -4.44. The quantitative estimate of drug-likeness (QED) is 0.374. The van der Waals surface area contributed by atoms with Gasteiger partial charge in [0.2, 0.25) is 11.8 Å². The zero-order valence-corrected chi connectivity index (χ0v) is 24.6. The molecule has 2 saturated heterocycles. The van der Waals surface area contributed by atoms with Crippen LogP contribution >= 0.6 is 0 Å². The SMILES string of the molecule is COc1ccc(-n2ccc3c(=O)n(CC4(O)CCN(C(=O)[C@@H]5CCN(C(C)=O)C[C@H]5c5ccccc5)CC4)cnc32)cc1. The molecule has 2 aromatic carbocycles. The number of amides is 2. The fraction of sp³-hybridized carbons (Fsp3) is 0.394. The topological polar surface area (TPSA) is 110 Å². The molecule has 43 heavy (non-hydrogen) atoms. The number of ether oxygens (including phenoxy) is 1. The van der Waals surface area contributed by atoms with Gasteiger partial charge in [-0.3, -0.25) is 19.0 Å². The Morgan fingerprint density at radius 1 is 1.00 bits per heavy atom. The van der Waals surface area contributed by atoms with Gasteiger partial charge in [0.1, 0.15) is 12.1 Å². The molecule has 10 heteroatoms. The molecule has 2 atom stereocenters. The van der Waals surface area contributed by atoms with Crippen LogP contribution in [0, 0.1) is 5.92 Å². The van der Waals surface area contributed by atoms with Crippen LogP contribution in [-0.2, 0) is 16.1 Å². The summed E-state index contributed by atoms with van der Waals surface area (Å²) in [5, 5.41) is 12.0. The third kappa shape index (κ3) is 5.67. The Kier molecular flexibility index (Phi) is 7.79. The van der Waals surface area contributed by atoms with Crippen molar-refractivity contribution in [1.29, 1.82) is 0 Å². The van der Waals surface area contributed by atoms with Crippen LogP contribution in [0.1, 0.15) is 37.7 Å². The summed E-state index contributed by atoms with van der Waals surface area (Å²) in [6, 6.07) is 19.2. The second-order valence-corrected chi connectivity index (χ2v) is 11.7. The number of hydrogen-bond acceptors (Lipinski definition) is 6. The molecule has 0 saturated carbocycles. The largest absolute Gasteiger partial charge is 0.497 e. The third-order valence-corrected chi connectivity index (χ3v) is 9.09. The summed E-state index contributed by atoms with van der Waals surface area (Å²) < 4.78 is 8.56. The Labute approximate surface area is 250 Å². The molecule has 0 unspecified atom stereocenters. The molecule has 10 nitrogen and oxygen atoms in total. The van der Waals surface area contributed by atoms with E-state index in [9.17, 15) is 19.5 Å². The fourth-order valence-corrected chi connectivity index (χ4v) is 6.54. The number of carbonyl (C=O) groups excluding carboxylic acids is 2. The number of piperidine rings is 2. The number of benzene rings is 2. The van der Waals surface area contributed by atoms with Crippen molar-refractivity contribution in [1.82, 2.24) is 23.9 Å². The van der Waals surface area contributed by atoms with Gasteiger partial charge in [-0.2, -0.15) is 0 Å². The van der Waals surface area contributed by atoms with E-state index >= 15 is 0 Å². The highest BCUT2D eigenvalue weighted by atomic mass is 16.5. The van der Waals surface area contributed by atoms with Gasteiger partial charge < -0.3 is 24.2 Å². The highest BCUT2D eigenvalue weighted by Gasteiger charge is 2.41. The van der Waals surface area contributed by atoms with Crippen LogP contribution in [0.25, 0.3) is 16.7 Å². The molecular formula is C33H37N5O5. The van der Waals surface area contributed by atoms with Crippen molar-refractivity contribution >= 4 is 22.8 Å². The molecule has 0 aliphatic carbocycles. The standard InChI is InChI=1S/C33H37N5O5/c1-23(39)36-16-12-27(29(20-36)24-6-4-3-5-7-24)31(40)35-18-14-33(42,15-19-35)21-37-22-34-30-28(32(37)41)13-17-38(30)25-8-10-26(43-2)11-9-25/h3-11,13,17,22,27,29,42H,12,14-16,18-21H2,1-2H3/t27-,29+/m1/s1. The number of carbonyl (C=O) groups is 2. The summed E-state index contributed by atoms with van der Waals surface area (Å²) in [5.74, 6) is 0.530. The molecule has 2 aliphatic heterocycles. The summed E-state index contributed by atoms with van der Waals surface area (Å²) >= 11 is 0. The number of aliphatic hydroxyl groups is 1. The molecule has 2 aliphatic rings. The normalized spacial score (nSPS) is 20.3. The monoisotopic (exact) mass is 583 g/mol. The highest BCUT2D eigenvalue weighted by Crippen LogP contribution is 2.35. The maximum atomic E-state index is 13.8. The number of rotatable bonds is 6. The second-order valence-electron chi connectivity index (χ2n) is 11.7. The van der Waals surface area contributed by atoms with Crippen LogP contribution < -0.4 is 10.3 Å². The Bertz CT molecular complexity index is 1670. The first-order valence-electron chi connectivity index (χ1n) is 14.8. The molecule has 6 rings (SSSR count). The van der Waals surface area contributed by atoms with Gasteiger partial charge in [-0.1, -0.05) is 30.3 Å². The molecule has 224 valence electrons. The van der Waals surface area contributed by atoms with Gasteiger partial charge in [0.25, 0.3) is 5.56 Å². The molecule has 4 aromatic rings. The van der Waals surface area contributed by atoms with Crippen LogP contribution in [0.2, 0.25) is 0 Å². The van der Waals surface area contributed by atoms with Crippen molar-refractivity contribution < 1.29 is 19.4 Å². The van der Waals surface area contributed by atoms with Crippen molar-refractivity contribution in [2.45, 2.75) is 44.2 Å². The van der Waals surface area contributed by atoms with Crippen LogP contribution in [0.4, 0.5) is 0 Å². The van der Waals surface area contributed by atoms with Gasteiger partial charge >= 0.3 is 0 Å². The zero-order chi connectivity index (χ0) is 30.1. The van der Waals surface area contributed by atoms with Crippen molar-refractivity contribution in [2.75, 3.05) is 33.3 Å². The minimum absolute atomic E-state index is 0.0232. The van der Waals surface area contributed by atoms with Gasteiger partial charge in [0.15, 0.2) is 5.65 Å². The first-order chi connectivity index (χ1) is 20.8. The fourth-order valence-electron chi connectivity index (χ4n) is 6.54. The van der Waals surface area contributed by atoms with Gasteiger partial charge in [0.05, 0.1) is 24.6 Å². The molecule has 4 heterocycles. The summed E-state index contributed by atoms with van der Waals surface area (Å²) in [5.41, 5.74) is 1.11. The van der Waals surface area contributed by atoms with Crippen molar-refractivity contribution in [3.8, 4) is 11.4 Å². The predicted octanol–water partition coefficient (Wildman–Crippen LogP) is 3.20. The number of methoxy groups -OCH3 is 1. The Balaban J connectivity index is 1.14. The minimum atomic E-state index is -1.13. The van der Waals surface area contributed by atoms with Crippen molar-refractivity contribution in [3.05, 3.63) is 89.1 Å². The van der Waals surface area contributed by atoms with Gasteiger partial charge in [-0.15, -0.1) is 0 Å². The van der Waals surface area contributed by atoms with E-state index < -0.39 is 5.60 Å². The molecule has 0 spiro atoms. The number of hydrogen-bond donors (Lipinski definition) is 1. The molecule has 2 amide bonds. The van der Waals surface area contributed by atoms with Crippen LogP contribution in [-0.4, -0.2) is 79.7 Å². The second kappa shape index (κ2) is 11.7. The highest BCUT2D eigenvalue weighted by molar-refractivity contribution is 5.81. The van der Waals surface area contributed by atoms with Crippen molar-refractivity contribution in [2.24, 2.45) is 5.92 Å². The number of fused-ring (bicyclic) bond motifs is 1. The lowest BCUT2D eigenvalue weighted by Gasteiger charge is -2.43. The van der Waals surface area contributed by atoms with Crippen LogP contribution in [0.3, 0.4) is 0 Å². The molecule has 1 N–H and O–H groups in total. The molecule has 2 aromatic heterocycles. The number of aromatic nitrogens is 3. The summed E-state index contributed by atoms with van der Waals surface area (Å²) in [7, 11) is 1.61. The lowest BCUT2D eigenvalue weighted by molar-refractivity contribution is -0.145. The van der Waals surface area contributed by atoms with E-state index in [4.69, 9.17) is 4.74 Å². The average Bonchev–Trinajstić information content (AvgIpc) is 3.47. The summed E-state index contributed by atoms with van der Waals surface area (Å²) in [4.78, 5) is 47.6. The van der Waals surface area contributed by atoms with Crippen molar-refractivity contribution in [3.63, 3.8) is 0 Å². The van der Waals surface area contributed by atoms with E-state index in [1.165, 1.54) is 10.9 Å². The maximum absolute atomic E-state index is 13.8. The smallest absolute Gasteiger partial charge is 0.262 e.